The van der Waals surface area contributed by atoms with Gasteiger partial charge in [0.1, 0.15) is 5.75 Å². The number of hydrogen-bond acceptors (Lipinski definition) is 5. The predicted octanol–water partition coefficient (Wildman–Crippen LogP) is 2.25. The topological polar surface area (TPSA) is 72.4 Å². The van der Waals surface area contributed by atoms with E-state index >= 15 is 0 Å². The maximum absolute atomic E-state index is 12.5. The second-order valence-electron chi connectivity index (χ2n) is 6.00. The second kappa shape index (κ2) is 7.79. The molecular formula is C17H22N4O3S. The first-order chi connectivity index (χ1) is 12.1. The Hall–Kier alpha value is -2.19. The number of hydrogen-bond donors (Lipinski definition) is 1. The number of carbonyl (C=O) groups excluding carboxylic acids is 1. The van der Waals surface area contributed by atoms with Crippen LogP contribution in [0.15, 0.2) is 24.3 Å². The molecule has 1 aliphatic rings. The van der Waals surface area contributed by atoms with E-state index in [1.165, 1.54) is 0 Å². The van der Waals surface area contributed by atoms with Gasteiger partial charge in [-0.3, -0.25) is 14.5 Å². The van der Waals surface area contributed by atoms with Crippen LogP contribution in [0.1, 0.15) is 13.3 Å². The molecule has 0 saturated carbocycles. The Labute approximate surface area is 151 Å². The third-order valence-corrected chi connectivity index (χ3v) is 4.56. The summed E-state index contributed by atoms with van der Waals surface area (Å²) in [6.45, 7) is 4.34. The van der Waals surface area contributed by atoms with Crippen molar-refractivity contribution in [3.05, 3.63) is 29.0 Å². The van der Waals surface area contributed by atoms with E-state index in [1.54, 1.807) is 7.11 Å². The standard InChI is InChI=1S/C17H22N4O3S/c1-12-11-20(9-10-24-12)15(22)7-8-21-16(18-19-17(21)25)13-3-5-14(23-2)6-4-13/h3-6,12H,7-11H2,1-2H3,(H,19,25)/t12-/m0/s1. The minimum Gasteiger partial charge on any atom is -0.497 e. The van der Waals surface area contributed by atoms with Crippen molar-refractivity contribution in [2.45, 2.75) is 26.0 Å². The van der Waals surface area contributed by atoms with Gasteiger partial charge in [0.2, 0.25) is 5.91 Å². The molecule has 134 valence electrons. The van der Waals surface area contributed by atoms with Gasteiger partial charge in [-0.25, -0.2) is 0 Å². The number of aromatic nitrogens is 3. The summed E-state index contributed by atoms with van der Waals surface area (Å²) in [5, 5.41) is 7.12. The molecule has 1 fully saturated rings. The van der Waals surface area contributed by atoms with Gasteiger partial charge >= 0.3 is 0 Å². The third kappa shape index (κ3) is 4.08. The quantitative estimate of drug-likeness (QED) is 0.826. The second-order valence-corrected chi connectivity index (χ2v) is 6.39. The monoisotopic (exact) mass is 362 g/mol. The van der Waals surface area contributed by atoms with E-state index in [9.17, 15) is 4.79 Å². The van der Waals surface area contributed by atoms with Crippen LogP contribution in [0.4, 0.5) is 0 Å². The van der Waals surface area contributed by atoms with Crippen LogP contribution in [0, 0.1) is 4.77 Å². The van der Waals surface area contributed by atoms with Crippen LogP contribution >= 0.6 is 12.2 Å². The Morgan fingerprint density at radius 1 is 1.44 bits per heavy atom. The Morgan fingerprint density at radius 3 is 2.88 bits per heavy atom. The fourth-order valence-corrected chi connectivity index (χ4v) is 3.12. The van der Waals surface area contributed by atoms with Gasteiger partial charge in [-0.1, -0.05) is 0 Å². The van der Waals surface area contributed by atoms with Crippen LogP contribution in [0.5, 0.6) is 5.75 Å². The minimum atomic E-state index is 0.0867. The lowest BCUT2D eigenvalue weighted by molar-refractivity contribution is -0.138. The van der Waals surface area contributed by atoms with Crippen LogP contribution in [0.3, 0.4) is 0 Å². The predicted molar refractivity (Wildman–Crippen MR) is 96.0 cm³/mol. The molecule has 2 aromatic rings. The molecule has 8 heteroatoms. The first-order valence-electron chi connectivity index (χ1n) is 8.27. The van der Waals surface area contributed by atoms with Crippen molar-refractivity contribution >= 4 is 18.1 Å². The molecule has 1 atom stereocenters. The number of benzene rings is 1. The highest BCUT2D eigenvalue weighted by Gasteiger charge is 2.21. The largest absolute Gasteiger partial charge is 0.497 e. The molecule has 0 aliphatic carbocycles. The number of nitrogens with zero attached hydrogens (tertiary/aromatic N) is 3. The first-order valence-corrected chi connectivity index (χ1v) is 8.68. The molecule has 0 spiro atoms. The molecule has 1 amide bonds. The number of H-pyrrole nitrogens is 1. The average Bonchev–Trinajstić information content (AvgIpc) is 3.00. The number of carbonyl (C=O) groups is 1. The van der Waals surface area contributed by atoms with Crippen LogP contribution in [-0.4, -0.2) is 58.5 Å². The normalized spacial score (nSPS) is 17.5. The van der Waals surface area contributed by atoms with E-state index in [2.05, 4.69) is 10.2 Å². The molecule has 1 N–H and O–H groups in total. The van der Waals surface area contributed by atoms with Gasteiger partial charge in [-0.15, -0.1) is 0 Å². The molecule has 2 heterocycles. The number of nitrogens with one attached hydrogen (secondary N) is 1. The van der Waals surface area contributed by atoms with Gasteiger partial charge in [0.25, 0.3) is 0 Å². The lowest BCUT2D eigenvalue weighted by Gasteiger charge is -2.31. The highest BCUT2D eigenvalue weighted by Crippen LogP contribution is 2.21. The van der Waals surface area contributed by atoms with E-state index < -0.39 is 0 Å². The number of morpholine rings is 1. The lowest BCUT2D eigenvalue weighted by atomic mass is 10.2. The fraction of sp³-hybridized carbons (Fsp3) is 0.471. The Kier molecular flexibility index (Phi) is 5.50. The minimum absolute atomic E-state index is 0.0867. The van der Waals surface area contributed by atoms with Gasteiger partial charge in [-0.05, 0) is 43.4 Å². The fourth-order valence-electron chi connectivity index (χ4n) is 2.90. The summed E-state index contributed by atoms with van der Waals surface area (Å²) >= 11 is 5.32. The Balaban J connectivity index is 1.71. The Morgan fingerprint density at radius 2 is 2.20 bits per heavy atom. The number of rotatable bonds is 5. The zero-order valence-corrected chi connectivity index (χ0v) is 15.2. The van der Waals surface area contributed by atoms with E-state index in [1.807, 2.05) is 40.7 Å². The molecule has 1 aromatic heterocycles. The number of aromatic amines is 1. The highest BCUT2D eigenvalue weighted by molar-refractivity contribution is 7.71. The van der Waals surface area contributed by atoms with Crippen LogP contribution in [0.2, 0.25) is 0 Å². The molecule has 7 nitrogen and oxygen atoms in total. The summed E-state index contributed by atoms with van der Waals surface area (Å²) in [4.78, 5) is 14.3. The van der Waals surface area contributed by atoms with Crippen LogP contribution < -0.4 is 4.74 Å². The van der Waals surface area contributed by atoms with E-state index in [0.717, 1.165) is 17.1 Å². The molecule has 0 bridgehead atoms. The lowest BCUT2D eigenvalue weighted by Crippen LogP contribution is -2.44. The third-order valence-electron chi connectivity index (χ3n) is 4.25. The molecule has 1 aliphatic heterocycles. The zero-order chi connectivity index (χ0) is 17.8. The van der Waals surface area contributed by atoms with Crippen molar-refractivity contribution in [1.29, 1.82) is 0 Å². The molecule has 1 aromatic carbocycles. The van der Waals surface area contributed by atoms with Crippen molar-refractivity contribution in [1.82, 2.24) is 19.7 Å². The summed E-state index contributed by atoms with van der Waals surface area (Å²) < 4.78 is 13.0. The van der Waals surface area contributed by atoms with Gasteiger partial charge in [0, 0.05) is 31.6 Å². The molecule has 25 heavy (non-hydrogen) atoms. The molecular weight excluding hydrogens is 340 g/mol. The summed E-state index contributed by atoms with van der Waals surface area (Å²) in [6, 6.07) is 7.59. The van der Waals surface area contributed by atoms with Gasteiger partial charge in [0.05, 0.1) is 19.8 Å². The number of methoxy groups -OCH3 is 1. The van der Waals surface area contributed by atoms with E-state index in [4.69, 9.17) is 21.7 Å². The summed E-state index contributed by atoms with van der Waals surface area (Å²) in [5.41, 5.74) is 0.917. The van der Waals surface area contributed by atoms with E-state index in [-0.39, 0.29) is 12.0 Å². The molecule has 0 unspecified atom stereocenters. The maximum atomic E-state index is 12.5. The highest BCUT2D eigenvalue weighted by atomic mass is 32.1. The van der Waals surface area contributed by atoms with E-state index in [0.29, 0.717) is 37.4 Å². The van der Waals surface area contributed by atoms with Crippen molar-refractivity contribution < 1.29 is 14.3 Å². The molecule has 3 rings (SSSR count). The average molecular weight is 362 g/mol. The molecule has 1 saturated heterocycles. The van der Waals surface area contributed by atoms with Gasteiger partial charge in [0.15, 0.2) is 10.6 Å². The number of amides is 1. The Bertz CT molecular complexity index is 784. The van der Waals surface area contributed by atoms with Gasteiger partial charge in [-0.2, -0.15) is 5.10 Å². The first kappa shape index (κ1) is 17.6. The van der Waals surface area contributed by atoms with Crippen molar-refractivity contribution in [3.8, 4) is 17.1 Å². The maximum Gasteiger partial charge on any atom is 0.224 e. The van der Waals surface area contributed by atoms with Crippen LogP contribution in [-0.2, 0) is 16.1 Å². The summed E-state index contributed by atoms with van der Waals surface area (Å²) in [5.74, 6) is 1.61. The van der Waals surface area contributed by atoms with Crippen molar-refractivity contribution in [2.24, 2.45) is 0 Å². The molecule has 0 radical (unpaired) electrons. The van der Waals surface area contributed by atoms with Crippen molar-refractivity contribution in [3.63, 3.8) is 0 Å². The zero-order valence-electron chi connectivity index (χ0n) is 14.4. The van der Waals surface area contributed by atoms with Gasteiger partial charge < -0.3 is 14.4 Å². The SMILES string of the molecule is COc1ccc(-c2n[nH]c(=S)n2CCC(=O)N2CCO[C@@H](C)C2)cc1. The summed E-state index contributed by atoms with van der Waals surface area (Å²) in [6.07, 6.45) is 0.465. The smallest absolute Gasteiger partial charge is 0.224 e. The number of ether oxygens (including phenoxy) is 2. The van der Waals surface area contributed by atoms with Crippen LogP contribution in [0.25, 0.3) is 11.4 Å². The summed E-state index contributed by atoms with van der Waals surface area (Å²) in [7, 11) is 1.63. The van der Waals surface area contributed by atoms with Crippen molar-refractivity contribution in [2.75, 3.05) is 26.8 Å².